The van der Waals surface area contributed by atoms with Crippen molar-refractivity contribution >= 4 is 28.4 Å². The van der Waals surface area contributed by atoms with Crippen molar-refractivity contribution in [1.82, 2.24) is 10.3 Å². The van der Waals surface area contributed by atoms with Gasteiger partial charge in [-0.05, 0) is 48.9 Å². The summed E-state index contributed by atoms with van der Waals surface area (Å²) in [6.07, 6.45) is 6.36. The van der Waals surface area contributed by atoms with Gasteiger partial charge in [0.25, 0.3) is 0 Å². The maximum absolute atomic E-state index is 11.7. The second-order valence-corrected chi connectivity index (χ2v) is 6.43. The van der Waals surface area contributed by atoms with Crippen molar-refractivity contribution in [3.63, 3.8) is 0 Å². The zero-order valence-electron chi connectivity index (χ0n) is 12.7. The van der Waals surface area contributed by atoms with Gasteiger partial charge in [-0.3, -0.25) is 4.79 Å². The first kappa shape index (κ1) is 15.4. The molecule has 1 saturated carbocycles. The first-order chi connectivity index (χ1) is 10.7. The molecule has 1 aliphatic rings. The fraction of sp³-hybridized carbons (Fsp3) is 0.471. The van der Waals surface area contributed by atoms with E-state index in [0.29, 0.717) is 5.92 Å². The number of rotatable bonds is 4. The van der Waals surface area contributed by atoms with Crippen LogP contribution >= 0.6 is 11.6 Å². The smallest absolute Gasteiger partial charge is 0.246 e. The van der Waals surface area contributed by atoms with Gasteiger partial charge in [-0.2, -0.15) is 0 Å². The van der Waals surface area contributed by atoms with E-state index in [2.05, 4.69) is 16.5 Å². The van der Waals surface area contributed by atoms with E-state index in [1.54, 1.807) is 7.11 Å². The van der Waals surface area contributed by atoms with Crippen LogP contribution in [0.4, 0.5) is 0 Å². The van der Waals surface area contributed by atoms with Crippen molar-refractivity contribution in [3.05, 3.63) is 35.0 Å². The summed E-state index contributed by atoms with van der Waals surface area (Å²) in [5, 5.41) is 5.03. The topological polar surface area (TPSA) is 54.1 Å². The minimum atomic E-state index is -0.0323. The zero-order valence-corrected chi connectivity index (χ0v) is 13.5. The van der Waals surface area contributed by atoms with Crippen molar-refractivity contribution in [2.75, 3.05) is 13.7 Å². The molecule has 5 heteroatoms. The van der Waals surface area contributed by atoms with Gasteiger partial charge < -0.3 is 15.0 Å². The molecule has 3 rings (SSSR count). The van der Waals surface area contributed by atoms with Gasteiger partial charge in [0.2, 0.25) is 5.91 Å². The summed E-state index contributed by atoms with van der Waals surface area (Å²) in [4.78, 5) is 15.0. The monoisotopic (exact) mass is 320 g/mol. The molecule has 22 heavy (non-hydrogen) atoms. The Morgan fingerprint density at radius 3 is 3.14 bits per heavy atom. The molecule has 1 aromatic carbocycles. The van der Waals surface area contributed by atoms with Crippen LogP contribution < -0.4 is 5.32 Å². The Hall–Kier alpha value is -1.52. The number of aromatic nitrogens is 1. The number of carbonyl (C=O) groups is 1. The number of amides is 1. The van der Waals surface area contributed by atoms with E-state index in [1.807, 2.05) is 18.2 Å². The van der Waals surface area contributed by atoms with Crippen molar-refractivity contribution in [3.8, 4) is 0 Å². The molecule has 118 valence electrons. The highest BCUT2D eigenvalue weighted by Crippen LogP contribution is 2.37. The normalized spacial score (nSPS) is 21.9. The third kappa shape index (κ3) is 3.28. The highest BCUT2D eigenvalue weighted by molar-refractivity contribution is 6.31. The van der Waals surface area contributed by atoms with Crippen LogP contribution in [0.5, 0.6) is 0 Å². The van der Waals surface area contributed by atoms with E-state index in [0.717, 1.165) is 36.2 Å². The highest BCUT2D eigenvalue weighted by Gasteiger charge is 2.26. The number of ether oxygens (including phenoxy) is 1. The minimum absolute atomic E-state index is 0.0323. The van der Waals surface area contributed by atoms with Crippen LogP contribution in [-0.2, 0) is 9.53 Å². The van der Waals surface area contributed by atoms with Gasteiger partial charge in [0.15, 0.2) is 0 Å². The van der Waals surface area contributed by atoms with Gasteiger partial charge in [0, 0.05) is 35.3 Å². The summed E-state index contributed by atoms with van der Waals surface area (Å²) < 4.78 is 4.88. The Balaban J connectivity index is 1.76. The number of aromatic amines is 1. The van der Waals surface area contributed by atoms with Crippen molar-refractivity contribution in [2.24, 2.45) is 0 Å². The van der Waals surface area contributed by atoms with Crippen LogP contribution in [0.3, 0.4) is 0 Å². The molecule has 0 unspecified atom stereocenters. The first-order valence-corrected chi connectivity index (χ1v) is 8.10. The Labute approximate surface area is 135 Å². The fourth-order valence-electron chi connectivity index (χ4n) is 3.46. The lowest BCUT2D eigenvalue weighted by Crippen LogP contribution is -2.39. The maximum atomic E-state index is 11.7. The molecule has 2 N–H and O–H groups in total. The van der Waals surface area contributed by atoms with Gasteiger partial charge in [-0.25, -0.2) is 0 Å². The molecule has 0 saturated heterocycles. The Morgan fingerprint density at radius 1 is 1.45 bits per heavy atom. The number of methoxy groups -OCH3 is 1. The summed E-state index contributed by atoms with van der Waals surface area (Å²) in [6.45, 7) is 0.129. The lowest BCUT2D eigenvalue weighted by atomic mass is 9.81. The number of fused-ring (bicyclic) bond motifs is 1. The van der Waals surface area contributed by atoms with Gasteiger partial charge >= 0.3 is 0 Å². The molecule has 0 radical (unpaired) electrons. The van der Waals surface area contributed by atoms with Gasteiger partial charge in [-0.1, -0.05) is 18.0 Å². The van der Waals surface area contributed by atoms with Crippen molar-refractivity contribution < 1.29 is 9.53 Å². The van der Waals surface area contributed by atoms with Gasteiger partial charge in [-0.15, -0.1) is 0 Å². The number of benzene rings is 1. The molecular weight excluding hydrogens is 300 g/mol. The zero-order chi connectivity index (χ0) is 15.5. The van der Waals surface area contributed by atoms with Gasteiger partial charge in [0.05, 0.1) is 0 Å². The summed E-state index contributed by atoms with van der Waals surface area (Å²) >= 11 is 6.13. The fourth-order valence-corrected chi connectivity index (χ4v) is 3.63. The molecule has 1 amide bonds. The number of hydrogen-bond acceptors (Lipinski definition) is 2. The molecule has 1 heterocycles. The van der Waals surface area contributed by atoms with E-state index < -0.39 is 0 Å². The minimum Gasteiger partial charge on any atom is -0.375 e. The lowest BCUT2D eigenvalue weighted by molar-refractivity contribution is -0.125. The van der Waals surface area contributed by atoms with E-state index in [1.165, 1.54) is 10.9 Å². The SMILES string of the molecule is COCC(=O)N[C@H]1CCC[C@@H](c2c[nH]c3ccc(Cl)cc23)C1. The lowest BCUT2D eigenvalue weighted by Gasteiger charge is -2.29. The second kappa shape index (κ2) is 6.71. The predicted octanol–water partition coefficient (Wildman–Crippen LogP) is 3.61. The third-order valence-corrected chi connectivity index (χ3v) is 4.67. The Morgan fingerprint density at radius 2 is 2.32 bits per heavy atom. The largest absolute Gasteiger partial charge is 0.375 e. The Kier molecular flexibility index (Phi) is 4.69. The molecule has 0 spiro atoms. The van der Waals surface area contributed by atoms with E-state index in [4.69, 9.17) is 16.3 Å². The number of nitrogens with one attached hydrogen (secondary N) is 2. The summed E-state index contributed by atoms with van der Waals surface area (Å²) in [5.41, 5.74) is 2.42. The van der Waals surface area contributed by atoms with Crippen LogP contribution in [0.15, 0.2) is 24.4 Å². The average molecular weight is 321 g/mol. The van der Waals surface area contributed by atoms with Crippen LogP contribution in [0.2, 0.25) is 5.02 Å². The average Bonchev–Trinajstić information content (AvgIpc) is 2.90. The quantitative estimate of drug-likeness (QED) is 0.904. The second-order valence-electron chi connectivity index (χ2n) is 5.99. The highest BCUT2D eigenvalue weighted by atomic mass is 35.5. The maximum Gasteiger partial charge on any atom is 0.246 e. The van der Waals surface area contributed by atoms with Crippen LogP contribution in [0, 0.1) is 0 Å². The summed E-state index contributed by atoms with van der Waals surface area (Å²) in [6, 6.07) is 6.17. The standard InChI is InChI=1S/C17H21ClN2O2/c1-22-10-17(21)20-13-4-2-3-11(7-13)15-9-19-16-6-5-12(18)8-14(15)16/h5-6,8-9,11,13,19H,2-4,7,10H2,1H3,(H,20,21)/t11-,13+/m1/s1. The van der Waals surface area contributed by atoms with Crippen LogP contribution in [0.25, 0.3) is 10.9 Å². The predicted molar refractivity (Wildman–Crippen MR) is 88.3 cm³/mol. The van der Waals surface area contributed by atoms with Crippen molar-refractivity contribution in [1.29, 1.82) is 0 Å². The van der Waals surface area contributed by atoms with Gasteiger partial charge in [0.1, 0.15) is 6.61 Å². The molecule has 2 aromatic rings. The third-order valence-electron chi connectivity index (χ3n) is 4.43. The molecule has 4 nitrogen and oxygen atoms in total. The van der Waals surface area contributed by atoms with Crippen LogP contribution in [-0.4, -0.2) is 30.6 Å². The molecule has 2 atom stereocenters. The number of H-pyrrole nitrogens is 1. The van der Waals surface area contributed by atoms with Crippen LogP contribution in [0.1, 0.15) is 37.2 Å². The number of carbonyl (C=O) groups excluding carboxylic acids is 1. The molecule has 0 bridgehead atoms. The molecule has 1 fully saturated rings. The van der Waals surface area contributed by atoms with E-state index in [-0.39, 0.29) is 18.6 Å². The summed E-state index contributed by atoms with van der Waals surface area (Å²) in [7, 11) is 1.54. The molecule has 1 aliphatic carbocycles. The van der Waals surface area contributed by atoms with E-state index in [9.17, 15) is 4.79 Å². The number of hydrogen-bond donors (Lipinski definition) is 2. The Bertz CT molecular complexity index is 668. The molecule has 0 aliphatic heterocycles. The first-order valence-electron chi connectivity index (χ1n) is 7.72. The van der Waals surface area contributed by atoms with E-state index >= 15 is 0 Å². The van der Waals surface area contributed by atoms with Crippen molar-refractivity contribution in [2.45, 2.75) is 37.6 Å². The molecule has 1 aromatic heterocycles. The number of halogens is 1. The molecular formula is C17H21ClN2O2. The summed E-state index contributed by atoms with van der Waals surface area (Å²) in [5.74, 6) is 0.420.